The second-order valence-corrected chi connectivity index (χ2v) is 4.66. The summed E-state index contributed by atoms with van der Waals surface area (Å²) in [5.41, 5.74) is 1.88. The highest BCUT2D eigenvalue weighted by Gasteiger charge is 2.15. The van der Waals surface area contributed by atoms with Gasteiger partial charge in [0.05, 0.1) is 20.3 Å². The molecule has 0 bridgehead atoms. The van der Waals surface area contributed by atoms with E-state index in [1.807, 2.05) is 37.3 Å². The Morgan fingerprint density at radius 2 is 1.81 bits per heavy atom. The van der Waals surface area contributed by atoms with E-state index in [1.54, 1.807) is 13.2 Å². The molecule has 0 amide bonds. The van der Waals surface area contributed by atoms with Crippen molar-refractivity contribution >= 4 is 0 Å². The van der Waals surface area contributed by atoms with Gasteiger partial charge >= 0.3 is 0 Å². The first-order valence-corrected chi connectivity index (χ1v) is 6.90. The molecule has 0 aliphatic carbocycles. The van der Waals surface area contributed by atoms with Gasteiger partial charge in [-0.2, -0.15) is 0 Å². The maximum atomic E-state index is 13.9. The van der Waals surface area contributed by atoms with Crippen molar-refractivity contribution in [2.24, 2.45) is 0 Å². The number of nitrogens with one attached hydrogen (secondary N) is 1. The molecule has 1 atom stereocenters. The first-order valence-electron chi connectivity index (χ1n) is 6.90. The highest BCUT2D eigenvalue weighted by Crippen LogP contribution is 2.28. The van der Waals surface area contributed by atoms with E-state index < -0.39 is 0 Å². The van der Waals surface area contributed by atoms with Crippen LogP contribution < -0.4 is 14.8 Å². The topological polar surface area (TPSA) is 30.5 Å². The molecule has 0 fully saturated rings. The Labute approximate surface area is 124 Å². The highest BCUT2D eigenvalue weighted by molar-refractivity contribution is 5.39. The van der Waals surface area contributed by atoms with E-state index in [1.165, 1.54) is 13.2 Å². The monoisotopic (exact) mass is 289 g/mol. The first-order chi connectivity index (χ1) is 10.2. The van der Waals surface area contributed by atoms with Crippen LogP contribution in [0.25, 0.3) is 0 Å². The molecule has 0 aliphatic heterocycles. The third kappa shape index (κ3) is 3.52. The molecule has 0 saturated heterocycles. The van der Waals surface area contributed by atoms with Crippen molar-refractivity contribution in [1.82, 2.24) is 5.32 Å². The van der Waals surface area contributed by atoms with Crippen LogP contribution in [0.4, 0.5) is 4.39 Å². The van der Waals surface area contributed by atoms with Gasteiger partial charge in [0.2, 0.25) is 0 Å². The lowest BCUT2D eigenvalue weighted by Gasteiger charge is -2.20. The summed E-state index contributed by atoms with van der Waals surface area (Å²) >= 11 is 0. The third-order valence-corrected chi connectivity index (χ3v) is 3.34. The number of methoxy groups -OCH3 is 2. The highest BCUT2D eigenvalue weighted by atomic mass is 19.1. The van der Waals surface area contributed by atoms with E-state index in [4.69, 9.17) is 9.47 Å². The van der Waals surface area contributed by atoms with Crippen molar-refractivity contribution < 1.29 is 13.9 Å². The van der Waals surface area contributed by atoms with Gasteiger partial charge in [-0.25, -0.2) is 4.39 Å². The van der Waals surface area contributed by atoms with Gasteiger partial charge in [0, 0.05) is 0 Å². The van der Waals surface area contributed by atoms with E-state index in [0.29, 0.717) is 0 Å². The number of hydrogen-bond donors (Lipinski definition) is 1. The number of ether oxygens (including phenoxy) is 2. The maximum absolute atomic E-state index is 13.9. The average molecular weight is 289 g/mol. The molecule has 3 nitrogen and oxygen atoms in total. The van der Waals surface area contributed by atoms with Crippen molar-refractivity contribution in [3.63, 3.8) is 0 Å². The smallest absolute Gasteiger partial charge is 0.165 e. The van der Waals surface area contributed by atoms with Gasteiger partial charge in [-0.15, -0.1) is 0 Å². The van der Waals surface area contributed by atoms with Crippen molar-refractivity contribution in [1.29, 1.82) is 0 Å². The minimum atomic E-state index is -0.360. The molecule has 0 saturated carbocycles. The summed E-state index contributed by atoms with van der Waals surface area (Å²) in [4.78, 5) is 0. The second-order valence-electron chi connectivity index (χ2n) is 4.66. The van der Waals surface area contributed by atoms with E-state index >= 15 is 0 Å². The van der Waals surface area contributed by atoms with Crippen LogP contribution in [0.3, 0.4) is 0 Å². The molecule has 0 radical (unpaired) electrons. The Bertz CT molecular complexity index is 601. The molecule has 0 heterocycles. The molecule has 21 heavy (non-hydrogen) atoms. The Kier molecular flexibility index (Phi) is 5.17. The van der Waals surface area contributed by atoms with Crippen LogP contribution in [-0.2, 0) is 0 Å². The average Bonchev–Trinajstić information content (AvgIpc) is 2.52. The SMILES string of the molecule is CCNC(c1cccc(OC)c1)c1ccc(OC)c(F)c1. The van der Waals surface area contributed by atoms with Crippen LogP contribution in [-0.4, -0.2) is 20.8 Å². The van der Waals surface area contributed by atoms with Crippen LogP contribution in [0.1, 0.15) is 24.1 Å². The van der Waals surface area contributed by atoms with Crippen molar-refractivity contribution in [3.05, 3.63) is 59.4 Å². The largest absolute Gasteiger partial charge is 0.497 e. The van der Waals surface area contributed by atoms with Crippen LogP contribution in [0.5, 0.6) is 11.5 Å². The van der Waals surface area contributed by atoms with E-state index in [2.05, 4.69) is 5.32 Å². The zero-order valence-electron chi connectivity index (χ0n) is 12.5. The molecule has 1 N–H and O–H groups in total. The second kappa shape index (κ2) is 7.09. The summed E-state index contributed by atoms with van der Waals surface area (Å²) in [5.74, 6) is 0.671. The van der Waals surface area contributed by atoms with Gasteiger partial charge in [0.15, 0.2) is 11.6 Å². The number of halogens is 1. The normalized spacial score (nSPS) is 12.0. The predicted molar refractivity (Wildman–Crippen MR) is 81.5 cm³/mol. The summed E-state index contributed by atoms with van der Waals surface area (Å²) in [6, 6.07) is 12.7. The molecule has 0 aromatic heterocycles. The maximum Gasteiger partial charge on any atom is 0.165 e. The van der Waals surface area contributed by atoms with Crippen LogP contribution in [0.15, 0.2) is 42.5 Å². The minimum absolute atomic E-state index is 0.0921. The Hall–Kier alpha value is -2.07. The van der Waals surface area contributed by atoms with E-state index in [0.717, 1.165) is 23.4 Å². The van der Waals surface area contributed by atoms with Crippen molar-refractivity contribution in [2.75, 3.05) is 20.8 Å². The zero-order chi connectivity index (χ0) is 15.2. The van der Waals surface area contributed by atoms with Gasteiger partial charge < -0.3 is 14.8 Å². The van der Waals surface area contributed by atoms with Crippen molar-refractivity contribution in [3.8, 4) is 11.5 Å². The first kappa shape index (κ1) is 15.3. The Morgan fingerprint density at radius 1 is 1.05 bits per heavy atom. The Morgan fingerprint density at radius 3 is 2.43 bits per heavy atom. The van der Waals surface area contributed by atoms with Crippen LogP contribution >= 0.6 is 0 Å². The van der Waals surface area contributed by atoms with Crippen molar-refractivity contribution in [2.45, 2.75) is 13.0 Å². The van der Waals surface area contributed by atoms with E-state index in [9.17, 15) is 4.39 Å². The molecule has 2 aromatic rings. The zero-order valence-corrected chi connectivity index (χ0v) is 12.5. The summed E-state index contributed by atoms with van der Waals surface area (Å²) < 4.78 is 24.2. The van der Waals surface area contributed by atoms with E-state index in [-0.39, 0.29) is 17.6 Å². The fourth-order valence-corrected chi connectivity index (χ4v) is 2.32. The molecule has 2 rings (SSSR count). The van der Waals surface area contributed by atoms with Gasteiger partial charge in [0.1, 0.15) is 5.75 Å². The molecular formula is C17H20FNO2. The quantitative estimate of drug-likeness (QED) is 0.882. The fraction of sp³-hybridized carbons (Fsp3) is 0.294. The lowest BCUT2D eigenvalue weighted by Crippen LogP contribution is -2.22. The Balaban J connectivity index is 2.40. The molecular weight excluding hydrogens is 269 g/mol. The minimum Gasteiger partial charge on any atom is -0.497 e. The summed E-state index contributed by atoms with van der Waals surface area (Å²) in [6.07, 6.45) is 0. The van der Waals surface area contributed by atoms with Gasteiger partial charge in [0.25, 0.3) is 0 Å². The molecule has 1 unspecified atom stereocenters. The standard InChI is InChI=1S/C17H20FNO2/c1-4-19-17(12-6-5-7-14(10-12)20-2)13-8-9-16(21-3)15(18)11-13/h5-11,17,19H,4H2,1-3H3. The van der Waals surface area contributed by atoms with Gasteiger partial charge in [-0.3, -0.25) is 0 Å². The third-order valence-electron chi connectivity index (χ3n) is 3.34. The van der Waals surface area contributed by atoms with Gasteiger partial charge in [-0.1, -0.05) is 25.1 Å². The lowest BCUT2D eigenvalue weighted by molar-refractivity contribution is 0.385. The number of rotatable bonds is 6. The summed E-state index contributed by atoms with van der Waals surface area (Å²) in [6.45, 7) is 2.79. The number of benzene rings is 2. The predicted octanol–water partition coefficient (Wildman–Crippen LogP) is 3.54. The van der Waals surface area contributed by atoms with Crippen LogP contribution in [0, 0.1) is 5.82 Å². The lowest BCUT2D eigenvalue weighted by atomic mass is 9.98. The number of hydrogen-bond acceptors (Lipinski definition) is 3. The summed E-state index contributed by atoms with van der Waals surface area (Å²) in [7, 11) is 3.09. The molecule has 0 aliphatic rings. The fourth-order valence-electron chi connectivity index (χ4n) is 2.32. The molecule has 112 valence electrons. The summed E-state index contributed by atoms with van der Waals surface area (Å²) in [5, 5.41) is 3.37. The molecule has 2 aromatic carbocycles. The van der Waals surface area contributed by atoms with Crippen LogP contribution in [0.2, 0.25) is 0 Å². The molecule has 0 spiro atoms. The molecule has 4 heteroatoms. The van der Waals surface area contributed by atoms with Gasteiger partial charge in [-0.05, 0) is 41.9 Å².